The van der Waals surface area contributed by atoms with Crippen LogP contribution in [0.1, 0.15) is 51.3 Å². The molecule has 98 valence electrons. The average Bonchev–Trinajstić information content (AvgIpc) is 3.02. The molecule has 1 fully saturated rings. The molecule has 0 aromatic carbocycles. The van der Waals surface area contributed by atoms with Crippen LogP contribution < -0.4 is 0 Å². The summed E-state index contributed by atoms with van der Waals surface area (Å²) >= 11 is 0. The van der Waals surface area contributed by atoms with Crippen LogP contribution in [0, 0.1) is 17.2 Å². The van der Waals surface area contributed by atoms with Gasteiger partial charge in [-0.2, -0.15) is 5.26 Å². The van der Waals surface area contributed by atoms with Crippen molar-refractivity contribution < 1.29 is 10.2 Å². The molecular weight excluding hydrogens is 228 g/mol. The van der Waals surface area contributed by atoms with Crippen LogP contribution in [0.2, 0.25) is 0 Å². The Morgan fingerprint density at radius 1 is 1.33 bits per heavy atom. The van der Waals surface area contributed by atoms with Crippen LogP contribution in [0.3, 0.4) is 0 Å². The number of hydrogen-bond donors (Lipinski definition) is 2. The Morgan fingerprint density at radius 2 is 1.94 bits per heavy atom. The van der Waals surface area contributed by atoms with Crippen molar-refractivity contribution >= 4 is 0 Å². The van der Waals surface area contributed by atoms with E-state index < -0.39 is 0 Å². The number of nitriles is 1. The quantitative estimate of drug-likeness (QED) is 0.864. The normalized spacial score (nSPS) is 15.7. The van der Waals surface area contributed by atoms with E-state index in [1.807, 2.05) is 26.8 Å². The van der Waals surface area contributed by atoms with Crippen molar-refractivity contribution in [3.05, 3.63) is 11.3 Å². The second kappa shape index (κ2) is 4.24. The summed E-state index contributed by atoms with van der Waals surface area (Å²) in [5.41, 5.74) is 0.341. The Labute approximate surface area is 107 Å². The van der Waals surface area contributed by atoms with E-state index in [1.165, 1.54) is 12.8 Å². The summed E-state index contributed by atoms with van der Waals surface area (Å²) in [6, 6.07) is 1.88. The van der Waals surface area contributed by atoms with Gasteiger partial charge in [-0.15, -0.1) is 0 Å². The SMILES string of the molecule is CC(C)(C)c1c(O)c(C#N)c(O)n1CCC1CC1. The van der Waals surface area contributed by atoms with Gasteiger partial charge in [0.2, 0.25) is 5.88 Å². The molecule has 0 aliphatic heterocycles. The topological polar surface area (TPSA) is 69.2 Å². The zero-order valence-electron chi connectivity index (χ0n) is 11.2. The standard InChI is InChI=1S/C14H20N2O2/c1-14(2,3)12-11(17)10(8-15)13(18)16(12)7-6-9-4-5-9/h9,17-18H,4-7H2,1-3H3. The Bertz CT molecular complexity index is 499. The van der Waals surface area contributed by atoms with Crippen molar-refractivity contribution in [2.45, 2.75) is 52.0 Å². The predicted molar refractivity (Wildman–Crippen MR) is 68.5 cm³/mol. The Balaban J connectivity index is 2.43. The van der Waals surface area contributed by atoms with Crippen LogP contribution in [-0.4, -0.2) is 14.8 Å². The lowest BCUT2D eigenvalue weighted by Gasteiger charge is -2.22. The first-order valence-electron chi connectivity index (χ1n) is 6.41. The van der Waals surface area contributed by atoms with E-state index in [-0.39, 0.29) is 22.6 Å². The van der Waals surface area contributed by atoms with E-state index in [9.17, 15) is 10.2 Å². The molecule has 4 heteroatoms. The van der Waals surface area contributed by atoms with Gasteiger partial charge in [0, 0.05) is 12.0 Å². The molecule has 1 heterocycles. The van der Waals surface area contributed by atoms with Gasteiger partial charge in [0.15, 0.2) is 11.3 Å². The van der Waals surface area contributed by atoms with Gasteiger partial charge in [-0.25, -0.2) is 0 Å². The molecule has 0 amide bonds. The molecule has 0 radical (unpaired) electrons. The smallest absolute Gasteiger partial charge is 0.213 e. The fourth-order valence-electron chi connectivity index (χ4n) is 2.39. The Hall–Kier alpha value is -1.63. The van der Waals surface area contributed by atoms with Gasteiger partial charge in [0.1, 0.15) is 6.07 Å². The Morgan fingerprint density at radius 3 is 2.39 bits per heavy atom. The van der Waals surface area contributed by atoms with E-state index in [0.717, 1.165) is 12.3 Å². The molecule has 1 aromatic rings. The van der Waals surface area contributed by atoms with Crippen LogP contribution in [-0.2, 0) is 12.0 Å². The monoisotopic (exact) mass is 248 g/mol. The molecule has 0 bridgehead atoms. The minimum atomic E-state index is -0.305. The third kappa shape index (κ3) is 2.17. The molecule has 2 rings (SSSR count). The number of nitrogens with zero attached hydrogens (tertiary/aromatic N) is 2. The molecule has 0 atom stereocenters. The number of rotatable bonds is 3. The van der Waals surface area contributed by atoms with Crippen molar-refractivity contribution in [2.75, 3.05) is 0 Å². The molecule has 1 aliphatic carbocycles. The minimum absolute atomic E-state index is 0.00396. The van der Waals surface area contributed by atoms with Crippen molar-refractivity contribution in [3.63, 3.8) is 0 Å². The maximum atomic E-state index is 10.1. The molecule has 0 spiro atoms. The zero-order chi connectivity index (χ0) is 13.5. The average molecular weight is 248 g/mol. The fraction of sp³-hybridized carbons (Fsp3) is 0.643. The number of aromatic nitrogens is 1. The fourth-order valence-corrected chi connectivity index (χ4v) is 2.39. The lowest BCUT2D eigenvalue weighted by Crippen LogP contribution is -2.18. The van der Waals surface area contributed by atoms with Gasteiger partial charge in [-0.1, -0.05) is 33.6 Å². The van der Waals surface area contributed by atoms with Crippen LogP contribution >= 0.6 is 0 Å². The van der Waals surface area contributed by atoms with Gasteiger partial charge in [-0.3, -0.25) is 0 Å². The zero-order valence-corrected chi connectivity index (χ0v) is 11.2. The first kappa shape index (κ1) is 12.8. The van der Waals surface area contributed by atoms with Crippen molar-refractivity contribution in [1.29, 1.82) is 5.26 Å². The summed E-state index contributed by atoms with van der Waals surface area (Å²) < 4.78 is 1.70. The Kier molecular flexibility index (Phi) is 3.02. The molecule has 1 aliphatic rings. The molecule has 0 unspecified atom stereocenters. The minimum Gasteiger partial charge on any atom is -0.505 e. The lowest BCUT2D eigenvalue weighted by atomic mass is 9.91. The number of aromatic hydroxyl groups is 2. The maximum absolute atomic E-state index is 10.1. The van der Waals surface area contributed by atoms with Crippen LogP contribution in [0.25, 0.3) is 0 Å². The van der Waals surface area contributed by atoms with Gasteiger partial charge >= 0.3 is 0 Å². The highest BCUT2D eigenvalue weighted by Gasteiger charge is 2.31. The second-order valence-corrected chi connectivity index (χ2v) is 6.14. The van der Waals surface area contributed by atoms with E-state index in [4.69, 9.17) is 5.26 Å². The van der Waals surface area contributed by atoms with Crippen LogP contribution in [0.5, 0.6) is 11.6 Å². The lowest BCUT2D eigenvalue weighted by molar-refractivity contribution is 0.384. The first-order valence-corrected chi connectivity index (χ1v) is 6.41. The predicted octanol–water partition coefficient (Wildman–Crippen LogP) is 2.87. The van der Waals surface area contributed by atoms with Crippen LogP contribution in [0.15, 0.2) is 0 Å². The summed E-state index contributed by atoms with van der Waals surface area (Å²) in [4.78, 5) is 0. The summed E-state index contributed by atoms with van der Waals surface area (Å²) in [7, 11) is 0. The van der Waals surface area contributed by atoms with Gasteiger partial charge < -0.3 is 14.8 Å². The van der Waals surface area contributed by atoms with Gasteiger partial charge in [-0.05, 0) is 12.3 Å². The summed E-state index contributed by atoms with van der Waals surface area (Å²) in [6.07, 6.45) is 3.50. The van der Waals surface area contributed by atoms with E-state index in [0.29, 0.717) is 12.2 Å². The van der Waals surface area contributed by atoms with E-state index in [1.54, 1.807) is 4.57 Å². The molecule has 1 saturated carbocycles. The molecule has 18 heavy (non-hydrogen) atoms. The van der Waals surface area contributed by atoms with Gasteiger partial charge in [0.25, 0.3) is 0 Å². The summed E-state index contributed by atoms with van der Waals surface area (Å²) in [5.74, 6) is 0.575. The number of hydrogen-bond acceptors (Lipinski definition) is 3. The second-order valence-electron chi connectivity index (χ2n) is 6.14. The highest BCUT2D eigenvalue weighted by Crippen LogP contribution is 2.42. The highest BCUT2D eigenvalue weighted by molar-refractivity contribution is 5.56. The van der Waals surface area contributed by atoms with Crippen molar-refractivity contribution in [2.24, 2.45) is 5.92 Å². The largest absolute Gasteiger partial charge is 0.505 e. The third-order valence-corrected chi connectivity index (χ3v) is 3.49. The maximum Gasteiger partial charge on any atom is 0.213 e. The third-order valence-electron chi connectivity index (χ3n) is 3.49. The van der Waals surface area contributed by atoms with Crippen molar-refractivity contribution in [1.82, 2.24) is 4.57 Å². The summed E-state index contributed by atoms with van der Waals surface area (Å²) in [5, 5.41) is 29.2. The summed E-state index contributed by atoms with van der Waals surface area (Å²) in [6.45, 7) is 6.57. The van der Waals surface area contributed by atoms with E-state index in [2.05, 4.69) is 0 Å². The molecule has 2 N–H and O–H groups in total. The van der Waals surface area contributed by atoms with Gasteiger partial charge in [0.05, 0.1) is 5.69 Å². The highest BCUT2D eigenvalue weighted by atomic mass is 16.3. The van der Waals surface area contributed by atoms with E-state index >= 15 is 0 Å². The van der Waals surface area contributed by atoms with Crippen LogP contribution in [0.4, 0.5) is 0 Å². The molecule has 0 saturated heterocycles. The first-order chi connectivity index (χ1) is 8.36. The molecule has 1 aromatic heterocycles. The molecule has 4 nitrogen and oxygen atoms in total. The van der Waals surface area contributed by atoms with Crippen molar-refractivity contribution in [3.8, 4) is 17.7 Å². The molecular formula is C14H20N2O2.